The SMILES string of the molecule is CCC1CC(=O)NC2CCc3ccccc3C12. The standard InChI is InChI=1S/C15H19NO/c1-2-10-9-14(17)16-13-8-7-11-5-3-4-6-12(11)15(10)13/h3-6,10,13,15H,2,7-9H2,1H3,(H,16,17). The second kappa shape index (κ2) is 4.17. The Hall–Kier alpha value is -1.31. The Balaban J connectivity index is 2.01. The maximum atomic E-state index is 11.7. The highest BCUT2D eigenvalue weighted by molar-refractivity contribution is 5.78. The fourth-order valence-electron chi connectivity index (χ4n) is 3.57. The number of nitrogens with one attached hydrogen (secondary N) is 1. The molecule has 0 aromatic heterocycles. The zero-order valence-corrected chi connectivity index (χ0v) is 10.3. The van der Waals surface area contributed by atoms with Crippen molar-refractivity contribution in [1.82, 2.24) is 5.32 Å². The fraction of sp³-hybridized carbons (Fsp3) is 0.533. The summed E-state index contributed by atoms with van der Waals surface area (Å²) in [6.45, 7) is 2.21. The second-order valence-electron chi connectivity index (χ2n) is 5.31. The first-order valence-electron chi connectivity index (χ1n) is 6.66. The van der Waals surface area contributed by atoms with Crippen LogP contribution in [0.15, 0.2) is 24.3 Å². The maximum absolute atomic E-state index is 11.7. The summed E-state index contributed by atoms with van der Waals surface area (Å²) in [6, 6.07) is 9.13. The molecule has 0 radical (unpaired) electrons. The van der Waals surface area contributed by atoms with Gasteiger partial charge in [0.25, 0.3) is 0 Å². The van der Waals surface area contributed by atoms with E-state index in [1.165, 1.54) is 11.1 Å². The number of rotatable bonds is 1. The van der Waals surface area contributed by atoms with Crippen LogP contribution in [0, 0.1) is 5.92 Å². The first kappa shape index (κ1) is 10.8. The number of fused-ring (bicyclic) bond motifs is 3. The summed E-state index contributed by atoms with van der Waals surface area (Å²) >= 11 is 0. The van der Waals surface area contributed by atoms with Crippen molar-refractivity contribution in [2.45, 2.75) is 44.6 Å². The van der Waals surface area contributed by atoms with E-state index >= 15 is 0 Å². The molecule has 1 aromatic rings. The Labute approximate surface area is 102 Å². The van der Waals surface area contributed by atoms with Crippen molar-refractivity contribution >= 4 is 5.91 Å². The van der Waals surface area contributed by atoms with E-state index in [-0.39, 0.29) is 5.91 Å². The van der Waals surface area contributed by atoms with E-state index in [1.807, 2.05) is 0 Å². The van der Waals surface area contributed by atoms with E-state index in [9.17, 15) is 4.79 Å². The van der Waals surface area contributed by atoms with Gasteiger partial charge < -0.3 is 5.32 Å². The first-order chi connectivity index (χ1) is 8.29. The molecule has 1 fully saturated rings. The molecule has 2 aliphatic rings. The molecule has 0 spiro atoms. The van der Waals surface area contributed by atoms with Crippen molar-refractivity contribution in [3.05, 3.63) is 35.4 Å². The van der Waals surface area contributed by atoms with E-state index in [0.29, 0.717) is 24.3 Å². The van der Waals surface area contributed by atoms with Crippen LogP contribution in [0.25, 0.3) is 0 Å². The predicted octanol–water partition coefficient (Wildman–Crippen LogP) is 2.63. The van der Waals surface area contributed by atoms with Gasteiger partial charge in [-0.2, -0.15) is 0 Å². The fourth-order valence-corrected chi connectivity index (χ4v) is 3.57. The highest BCUT2D eigenvalue weighted by Crippen LogP contribution is 2.41. The quantitative estimate of drug-likeness (QED) is 0.788. The number of amides is 1. The highest BCUT2D eigenvalue weighted by Gasteiger charge is 2.39. The lowest BCUT2D eigenvalue weighted by Gasteiger charge is -2.42. The Morgan fingerprint density at radius 2 is 2.18 bits per heavy atom. The Kier molecular flexibility index (Phi) is 2.65. The van der Waals surface area contributed by atoms with Gasteiger partial charge in [-0.3, -0.25) is 4.79 Å². The number of aryl methyl sites for hydroxylation is 1. The summed E-state index contributed by atoms with van der Waals surface area (Å²) < 4.78 is 0. The summed E-state index contributed by atoms with van der Waals surface area (Å²) in [5.41, 5.74) is 2.97. The molecule has 90 valence electrons. The van der Waals surface area contributed by atoms with Crippen LogP contribution in [-0.2, 0) is 11.2 Å². The molecule has 0 saturated carbocycles. The third kappa shape index (κ3) is 1.76. The Bertz CT molecular complexity index is 440. The van der Waals surface area contributed by atoms with Crippen molar-refractivity contribution in [3.63, 3.8) is 0 Å². The van der Waals surface area contributed by atoms with E-state index in [4.69, 9.17) is 0 Å². The summed E-state index contributed by atoms with van der Waals surface area (Å²) in [6.07, 6.45) is 4.01. The molecule has 2 nitrogen and oxygen atoms in total. The summed E-state index contributed by atoms with van der Waals surface area (Å²) in [5, 5.41) is 3.18. The van der Waals surface area contributed by atoms with Crippen LogP contribution in [0.3, 0.4) is 0 Å². The topological polar surface area (TPSA) is 29.1 Å². The largest absolute Gasteiger partial charge is 0.353 e. The molecule has 1 N–H and O–H groups in total. The Morgan fingerprint density at radius 1 is 1.35 bits per heavy atom. The van der Waals surface area contributed by atoms with Gasteiger partial charge in [0, 0.05) is 18.4 Å². The minimum atomic E-state index is 0.248. The molecule has 1 saturated heterocycles. The van der Waals surface area contributed by atoms with Crippen molar-refractivity contribution < 1.29 is 4.79 Å². The van der Waals surface area contributed by atoms with Gasteiger partial charge in [0.1, 0.15) is 0 Å². The van der Waals surface area contributed by atoms with Gasteiger partial charge in [0.15, 0.2) is 0 Å². The van der Waals surface area contributed by atoms with Crippen LogP contribution in [-0.4, -0.2) is 11.9 Å². The maximum Gasteiger partial charge on any atom is 0.220 e. The number of carbonyl (C=O) groups excluding carboxylic acids is 1. The normalized spacial score (nSPS) is 31.4. The zero-order valence-electron chi connectivity index (χ0n) is 10.3. The number of piperidine rings is 1. The van der Waals surface area contributed by atoms with Crippen molar-refractivity contribution in [1.29, 1.82) is 0 Å². The number of hydrogen-bond acceptors (Lipinski definition) is 1. The van der Waals surface area contributed by atoms with Gasteiger partial charge in [-0.1, -0.05) is 37.6 Å². The van der Waals surface area contributed by atoms with Crippen LogP contribution in [0.1, 0.15) is 43.2 Å². The highest BCUT2D eigenvalue weighted by atomic mass is 16.1. The third-order valence-corrected chi connectivity index (χ3v) is 4.40. The van der Waals surface area contributed by atoms with Gasteiger partial charge in [-0.15, -0.1) is 0 Å². The van der Waals surface area contributed by atoms with Crippen LogP contribution in [0.4, 0.5) is 0 Å². The van der Waals surface area contributed by atoms with Crippen molar-refractivity contribution in [3.8, 4) is 0 Å². The van der Waals surface area contributed by atoms with Crippen LogP contribution in [0.5, 0.6) is 0 Å². The summed E-state index contributed by atoms with van der Waals surface area (Å²) in [4.78, 5) is 11.7. The number of benzene rings is 1. The lowest BCUT2D eigenvalue weighted by Crippen LogP contribution is -2.49. The van der Waals surface area contributed by atoms with Gasteiger partial charge in [0.05, 0.1) is 0 Å². The van der Waals surface area contributed by atoms with Gasteiger partial charge in [-0.25, -0.2) is 0 Å². The molecule has 1 aromatic carbocycles. The first-order valence-corrected chi connectivity index (χ1v) is 6.66. The van der Waals surface area contributed by atoms with Crippen molar-refractivity contribution in [2.75, 3.05) is 0 Å². The number of carbonyl (C=O) groups is 1. The Morgan fingerprint density at radius 3 is 3.00 bits per heavy atom. The monoisotopic (exact) mass is 229 g/mol. The molecule has 3 rings (SSSR count). The molecular weight excluding hydrogens is 210 g/mol. The van der Waals surface area contributed by atoms with Crippen LogP contribution in [0.2, 0.25) is 0 Å². The molecule has 17 heavy (non-hydrogen) atoms. The van der Waals surface area contributed by atoms with Crippen LogP contribution < -0.4 is 5.32 Å². The van der Waals surface area contributed by atoms with E-state index in [1.54, 1.807) is 0 Å². The lowest BCUT2D eigenvalue weighted by atomic mass is 9.69. The van der Waals surface area contributed by atoms with E-state index in [0.717, 1.165) is 19.3 Å². The molecule has 1 amide bonds. The van der Waals surface area contributed by atoms with Crippen LogP contribution >= 0.6 is 0 Å². The molecular formula is C15H19NO. The zero-order chi connectivity index (χ0) is 11.8. The van der Waals surface area contributed by atoms with E-state index in [2.05, 4.69) is 36.5 Å². The average molecular weight is 229 g/mol. The lowest BCUT2D eigenvalue weighted by molar-refractivity contribution is -0.125. The number of hydrogen-bond donors (Lipinski definition) is 1. The molecule has 3 atom stereocenters. The summed E-state index contributed by atoms with van der Waals surface area (Å²) in [7, 11) is 0. The molecule has 1 aliphatic carbocycles. The molecule has 3 unspecified atom stereocenters. The molecule has 0 bridgehead atoms. The minimum Gasteiger partial charge on any atom is -0.353 e. The van der Waals surface area contributed by atoms with E-state index < -0.39 is 0 Å². The third-order valence-electron chi connectivity index (χ3n) is 4.40. The second-order valence-corrected chi connectivity index (χ2v) is 5.31. The molecule has 1 aliphatic heterocycles. The van der Waals surface area contributed by atoms with Gasteiger partial charge >= 0.3 is 0 Å². The van der Waals surface area contributed by atoms with Gasteiger partial charge in [-0.05, 0) is 29.9 Å². The smallest absolute Gasteiger partial charge is 0.220 e. The van der Waals surface area contributed by atoms with Crippen molar-refractivity contribution in [2.24, 2.45) is 5.92 Å². The summed E-state index contributed by atoms with van der Waals surface area (Å²) in [5.74, 6) is 1.32. The minimum absolute atomic E-state index is 0.248. The predicted molar refractivity (Wildman–Crippen MR) is 67.8 cm³/mol. The van der Waals surface area contributed by atoms with Gasteiger partial charge in [0.2, 0.25) is 5.91 Å². The average Bonchev–Trinajstić information content (AvgIpc) is 2.37. The molecule has 1 heterocycles. The molecule has 2 heteroatoms.